The van der Waals surface area contributed by atoms with Crippen molar-refractivity contribution in [3.8, 4) is 0 Å². The van der Waals surface area contributed by atoms with E-state index in [-0.39, 0.29) is 17.1 Å². The Labute approximate surface area is 162 Å². The monoisotopic (exact) mass is 400 g/mol. The van der Waals surface area contributed by atoms with Crippen LogP contribution in [0.1, 0.15) is 38.5 Å². The van der Waals surface area contributed by atoms with Crippen molar-refractivity contribution < 1.29 is 9.66 Å². The van der Waals surface area contributed by atoms with Crippen LogP contribution in [0, 0.1) is 22.0 Å². The molecule has 2 unspecified atom stereocenters. The molecule has 2 atom stereocenters. The van der Waals surface area contributed by atoms with Crippen LogP contribution in [0.25, 0.3) is 0 Å². The van der Waals surface area contributed by atoms with Gasteiger partial charge in [-0.1, -0.05) is 32.4 Å². The first-order valence-electron chi connectivity index (χ1n) is 8.98. The minimum atomic E-state index is -0.227. The van der Waals surface area contributed by atoms with Crippen molar-refractivity contribution in [2.24, 2.45) is 11.8 Å². The van der Waals surface area contributed by atoms with E-state index < -0.39 is 0 Å². The zero-order valence-electron chi connectivity index (χ0n) is 15.4. The summed E-state index contributed by atoms with van der Waals surface area (Å²) in [5, 5.41) is 11.7. The van der Waals surface area contributed by atoms with Gasteiger partial charge in [-0.25, -0.2) is 4.98 Å². The molecule has 2 aliphatic rings. The zero-order valence-corrected chi connectivity index (χ0v) is 16.9. The average Bonchev–Trinajstić information content (AvgIpc) is 3.14. The Hall–Kier alpha value is -1.38. The highest BCUT2D eigenvalue weighted by molar-refractivity contribution is 7.15. The number of nitrogens with zero attached hydrogens (tertiary/aromatic N) is 4. The van der Waals surface area contributed by atoms with Crippen molar-refractivity contribution in [1.29, 1.82) is 0 Å². The fraction of sp³-hybridized carbons (Fsp3) is 0.706. The molecule has 0 aromatic carbocycles. The van der Waals surface area contributed by atoms with E-state index >= 15 is 0 Å². The molecule has 7 nitrogen and oxygen atoms in total. The summed E-state index contributed by atoms with van der Waals surface area (Å²) in [5.74, 6) is 1.13. The van der Waals surface area contributed by atoms with Gasteiger partial charge in [0.25, 0.3) is 5.70 Å². The molecule has 9 heteroatoms. The van der Waals surface area contributed by atoms with E-state index in [1.165, 1.54) is 11.3 Å². The van der Waals surface area contributed by atoms with Crippen LogP contribution in [-0.2, 0) is 11.3 Å². The van der Waals surface area contributed by atoms with Crippen molar-refractivity contribution >= 4 is 22.9 Å². The van der Waals surface area contributed by atoms with Gasteiger partial charge in [-0.3, -0.25) is 10.1 Å². The topological polar surface area (TPSA) is 71.7 Å². The molecular formula is C17H25ClN4O3S. The molecule has 26 heavy (non-hydrogen) atoms. The van der Waals surface area contributed by atoms with Gasteiger partial charge in [-0.15, -0.1) is 11.3 Å². The van der Waals surface area contributed by atoms with Crippen LogP contribution in [0.5, 0.6) is 0 Å². The van der Waals surface area contributed by atoms with E-state index in [0.717, 1.165) is 24.4 Å². The lowest BCUT2D eigenvalue weighted by atomic mass is 9.98. The summed E-state index contributed by atoms with van der Waals surface area (Å²) in [6.45, 7) is 8.98. The van der Waals surface area contributed by atoms with E-state index in [9.17, 15) is 10.1 Å². The molecule has 3 heterocycles. The minimum absolute atomic E-state index is 0.0995. The molecule has 0 amide bonds. The molecule has 0 N–H and O–H groups in total. The summed E-state index contributed by atoms with van der Waals surface area (Å²) in [6, 6.07) is 0. The first kappa shape index (κ1) is 19.4. The fourth-order valence-corrected chi connectivity index (χ4v) is 4.52. The Morgan fingerprint density at radius 1 is 1.50 bits per heavy atom. The van der Waals surface area contributed by atoms with Crippen molar-refractivity contribution in [3.05, 3.63) is 37.2 Å². The third-order valence-corrected chi connectivity index (χ3v) is 5.95. The van der Waals surface area contributed by atoms with Crippen LogP contribution in [-0.4, -0.2) is 45.6 Å². The predicted molar refractivity (Wildman–Crippen MR) is 101 cm³/mol. The number of ether oxygens (including phenoxy) is 1. The first-order chi connectivity index (χ1) is 12.4. The summed E-state index contributed by atoms with van der Waals surface area (Å²) in [6.07, 6.45) is 3.28. The van der Waals surface area contributed by atoms with E-state index in [1.54, 1.807) is 6.20 Å². The van der Waals surface area contributed by atoms with Gasteiger partial charge in [0.2, 0.25) is 0 Å². The number of allylic oxidation sites excluding steroid dienone is 1. The molecular weight excluding hydrogens is 376 g/mol. The van der Waals surface area contributed by atoms with Gasteiger partial charge in [0.05, 0.1) is 17.4 Å². The molecule has 0 bridgehead atoms. The number of fused-ring (bicyclic) bond motifs is 1. The molecule has 0 spiro atoms. The maximum atomic E-state index is 11.7. The zero-order chi connectivity index (χ0) is 18.8. The predicted octanol–water partition coefficient (Wildman–Crippen LogP) is 3.79. The molecule has 1 aromatic rings. The second-order valence-corrected chi connectivity index (χ2v) is 9.00. The lowest BCUT2D eigenvalue weighted by Gasteiger charge is -2.37. The number of nitro groups is 1. The molecule has 0 radical (unpaired) electrons. The molecule has 1 fully saturated rings. The first-order valence-corrected chi connectivity index (χ1v) is 10.2. The van der Waals surface area contributed by atoms with Gasteiger partial charge in [-0.05, 0) is 12.3 Å². The van der Waals surface area contributed by atoms with E-state index in [1.807, 2.05) is 6.92 Å². The molecule has 1 aromatic heterocycles. The van der Waals surface area contributed by atoms with Crippen molar-refractivity contribution in [1.82, 2.24) is 14.8 Å². The Bertz CT molecular complexity index is 693. The summed E-state index contributed by atoms with van der Waals surface area (Å²) >= 11 is 7.34. The summed E-state index contributed by atoms with van der Waals surface area (Å²) in [5.41, 5.74) is 0.293. The molecule has 0 saturated carbocycles. The Balaban J connectivity index is 1.82. The van der Waals surface area contributed by atoms with Crippen LogP contribution in [0.3, 0.4) is 0 Å². The summed E-state index contributed by atoms with van der Waals surface area (Å²) in [7, 11) is 0. The van der Waals surface area contributed by atoms with Crippen molar-refractivity contribution in [3.63, 3.8) is 0 Å². The fourth-order valence-electron chi connectivity index (χ4n) is 3.53. The summed E-state index contributed by atoms with van der Waals surface area (Å²) < 4.78 is 6.61. The van der Waals surface area contributed by atoms with Crippen LogP contribution in [0.2, 0.25) is 4.47 Å². The van der Waals surface area contributed by atoms with Gasteiger partial charge in [0.1, 0.15) is 6.23 Å². The van der Waals surface area contributed by atoms with E-state index in [2.05, 4.69) is 28.6 Å². The summed E-state index contributed by atoms with van der Waals surface area (Å²) in [4.78, 5) is 20.7. The largest absolute Gasteiger partial charge is 0.358 e. The lowest BCUT2D eigenvalue weighted by Crippen LogP contribution is -2.43. The molecule has 144 valence electrons. The minimum Gasteiger partial charge on any atom is -0.358 e. The Morgan fingerprint density at radius 3 is 2.88 bits per heavy atom. The highest BCUT2D eigenvalue weighted by atomic mass is 35.5. The maximum Gasteiger partial charge on any atom is 0.289 e. The number of aromatic nitrogens is 1. The number of hydrogen-bond donors (Lipinski definition) is 0. The third kappa shape index (κ3) is 4.13. The van der Waals surface area contributed by atoms with Crippen LogP contribution >= 0.6 is 22.9 Å². The highest BCUT2D eigenvalue weighted by Gasteiger charge is 2.45. The van der Waals surface area contributed by atoms with Gasteiger partial charge in [0, 0.05) is 37.2 Å². The molecule has 0 aliphatic carbocycles. The SMILES string of the molecule is CC(C)CCOC1CC(C)C([N+](=O)[O-])=C2N(Cc3cnc(Cl)s3)CCN21. The van der Waals surface area contributed by atoms with E-state index in [4.69, 9.17) is 16.3 Å². The third-order valence-electron chi connectivity index (χ3n) is 4.86. The molecule has 1 saturated heterocycles. The second-order valence-electron chi connectivity index (χ2n) is 7.31. The van der Waals surface area contributed by atoms with Gasteiger partial charge < -0.3 is 14.5 Å². The van der Waals surface area contributed by atoms with Crippen LogP contribution in [0.15, 0.2) is 17.7 Å². The van der Waals surface area contributed by atoms with E-state index in [0.29, 0.717) is 41.5 Å². The lowest BCUT2D eigenvalue weighted by molar-refractivity contribution is -0.439. The van der Waals surface area contributed by atoms with Crippen LogP contribution in [0.4, 0.5) is 0 Å². The number of halogens is 1. The standard InChI is InChI=1S/C17H25ClN4O3S/c1-11(2)4-7-25-14-8-12(3)15(22(23)24)16-20(5-6-21(14)16)10-13-9-19-17(18)26-13/h9,11-12,14H,4-8,10H2,1-3H3. The molecule has 2 aliphatic heterocycles. The number of hydrogen-bond acceptors (Lipinski definition) is 7. The smallest absolute Gasteiger partial charge is 0.289 e. The van der Waals surface area contributed by atoms with Crippen molar-refractivity contribution in [2.45, 2.75) is 46.4 Å². The van der Waals surface area contributed by atoms with Gasteiger partial charge in [0.15, 0.2) is 10.3 Å². The maximum absolute atomic E-state index is 11.7. The Kier molecular flexibility index (Phi) is 6.04. The quantitative estimate of drug-likeness (QED) is 0.512. The van der Waals surface area contributed by atoms with Gasteiger partial charge >= 0.3 is 0 Å². The normalized spacial score (nSPS) is 23.1. The number of rotatable bonds is 7. The Morgan fingerprint density at radius 2 is 2.27 bits per heavy atom. The molecule has 3 rings (SSSR count). The van der Waals surface area contributed by atoms with Crippen LogP contribution < -0.4 is 0 Å². The average molecular weight is 401 g/mol. The second kappa shape index (κ2) is 8.10. The van der Waals surface area contributed by atoms with Gasteiger partial charge in [-0.2, -0.15) is 0 Å². The van der Waals surface area contributed by atoms with Crippen molar-refractivity contribution in [2.75, 3.05) is 19.7 Å². The highest BCUT2D eigenvalue weighted by Crippen LogP contribution is 2.38. The number of thiazole rings is 1.